The summed E-state index contributed by atoms with van der Waals surface area (Å²) in [5.41, 5.74) is 6.03. The minimum Gasteiger partial charge on any atom is -0.383 e. The molecule has 3 N–H and O–H groups in total. The number of amides is 1. The number of benzene rings is 1. The van der Waals surface area contributed by atoms with Crippen molar-refractivity contribution in [3.63, 3.8) is 0 Å². The van der Waals surface area contributed by atoms with Crippen molar-refractivity contribution in [1.82, 2.24) is 16.2 Å². The molecule has 0 saturated carbocycles. The topological polar surface area (TPSA) is 62.4 Å². The molecule has 0 saturated heterocycles. The maximum absolute atomic E-state index is 12.7. The highest BCUT2D eigenvalue weighted by atomic mass is 32.1. The first kappa shape index (κ1) is 17.3. The van der Waals surface area contributed by atoms with Crippen LogP contribution in [-0.4, -0.2) is 30.8 Å². The smallest absolute Gasteiger partial charge is 0.238 e. The zero-order valence-electron chi connectivity index (χ0n) is 12.1. The fourth-order valence-electron chi connectivity index (χ4n) is 1.65. The summed E-state index contributed by atoms with van der Waals surface area (Å²) in [6.45, 7) is 2.42. The fraction of sp³-hybridized carbons (Fsp3) is 0.429. The number of hydrogen-bond donors (Lipinski definition) is 3. The molecule has 5 nitrogen and oxygen atoms in total. The number of thiocarbonyl (C=S) groups is 1. The Bertz CT molecular complexity index is 468. The normalized spacial score (nSPS) is 11.6. The SMILES string of the molecule is COC[C@@H](C)NC(=S)NNC(=O)CCc1ccc(F)cc1. The second-order valence-corrected chi connectivity index (χ2v) is 5.04. The van der Waals surface area contributed by atoms with E-state index in [4.69, 9.17) is 17.0 Å². The van der Waals surface area contributed by atoms with Gasteiger partial charge in [0.05, 0.1) is 6.61 Å². The number of nitrogens with one attached hydrogen (secondary N) is 3. The van der Waals surface area contributed by atoms with E-state index in [9.17, 15) is 9.18 Å². The maximum atomic E-state index is 12.7. The molecule has 1 aromatic carbocycles. The molecule has 0 bridgehead atoms. The molecule has 0 radical (unpaired) electrons. The summed E-state index contributed by atoms with van der Waals surface area (Å²) in [6, 6.07) is 6.12. The molecule has 0 aliphatic rings. The molecule has 1 amide bonds. The summed E-state index contributed by atoms with van der Waals surface area (Å²) in [5, 5.41) is 3.28. The lowest BCUT2D eigenvalue weighted by Gasteiger charge is -2.16. The van der Waals surface area contributed by atoms with Crippen molar-refractivity contribution in [3.05, 3.63) is 35.6 Å². The van der Waals surface area contributed by atoms with Crippen LogP contribution in [0.4, 0.5) is 4.39 Å². The van der Waals surface area contributed by atoms with Crippen molar-refractivity contribution in [2.45, 2.75) is 25.8 Å². The van der Waals surface area contributed by atoms with Gasteiger partial charge in [-0.2, -0.15) is 0 Å². The van der Waals surface area contributed by atoms with E-state index in [2.05, 4.69) is 16.2 Å². The Morgan fingerprint density at radius 3 is 2.62 bits per heavy atom. The number of hydrazine groups is 1. The number of carbonyl (C=O) groups is 1. The number of halogens is 1. The van der Waals surface area contributed by atoms with Gasteiger partial charge in [0.1, 0.15) is 5.82 Å². The highest BCUT2D eigenvalue weighted by Gasteiger charge is 2.05. The van der Waals surface area contributed by atoms with Crippen LogP contribution in [0.1, 0.15) is 18.9 Å². The first-order valence-electron chi connectivity index (χ1n) is 6.60. The van der Waals surface area contributed by atoms with Crippen molar-refractivity contribution in [2.75, 3.05) is 13.7 Å². The Morgan fingerprint density at radius 1 is 1.33 bits per heavy atom. The molecule has 116 valence electrons. The van der Waals surface area contributed by atoms with Crippen LogP contribution in [0.25, 0.3) is 0 Å². The molecule has 0 unspecified atom stereocenters. The lowest BCUT2D eigenvalue weighted by Crippen LogP contribution is -2.50. The highest BCUT2D eigenvalue weighted by molar-refractivity contribution is 7.80. The lowest BCUT2D eigenvalue weighted by atomic mass is 10.1. The van der Waals surface area contributed by atoms with Crippen LogP contribution in [-0.2, 0) is 16.0 Å². The third-order valence-electron chi connectivity index (χ3n) is 2.66. The molecule has 0 aliphatic heterocycles. The molecule has 0 aromatic heterocycles. The molecule has 0 fully saturated rings. The number of carbonyl (C=O) groups excluding carboxylic acids is 1. The molecule has 1 atom stereocenters. The predicted molar refractivity (Wildman–Crippen MR) is 83.1 cm³/mol. The summed E-state index contributed by atoms with van der Waals surface area (Å²) in [5.74, 6) is -0.477. The second-order valence-electron chi connectivity index (χ2n) is 4.63. The second kappa shape index (κ2) is 9.25. The van der Waals surface area contributed by atoms with Gasteiger partial charge in [-0.15, -0.1) is 0 Å². The first-order valence-corrected chi connectivity index (χ1v) is 7.01. The van der Waals surface area contributed by atoms with E-state index in [1.165, 1.54) is 12.1 Å². The van der Waals surface area contributed by atoms with Gasteiger partial charge >= 0.3 is 0 Å². The van der Waals surface area contributed by atoms with Crippen LogP contribution in [0, 0.1) is 5.82 Å². The molecule has 0 spiro atoms. The van der Waals surface area contributed by atoms with Gasteiger partial charge in [-0.3, -0.25) is 15.6 Å². The van der Waals surface area contributed by atoms with E-state index in [1.807, 2.05) is 6.92 Å². The standard InChI is InChI=1S/C14H20FN3O2S/c1-10(9-20-2)16-14(21)18-17-13(19)8-5-11-3-6-12(15)7-4-11/h3-4,6-7,10H,5,8-9H2,1-2H3,(H,17,19)(H2,16,18,21)/t10-/m1/s1. The van der Waals surface area contributed by atoms with Gasteiger partial charge in [-0.05, 0) is 43.3 Å². The largest absolute Gasteiger partial charge is 0.383 e. The summed E-state index contributed by atoms with van der Waals surface area (Å²) in [4.78, 5) is 11.6. The maximum Gasteiger partial charge on any atom is 0.238 e. The van der Waals surface area contributed by atoms with Crippen molar-refractivity contribution in [1.29, 1.82) is 0 Å². The number of aryl methyl sites for hydroxylation is 1. The van der Waals surface area contributed by atoms with Crippen molar-refractivity contribution < 1.29 is 13.9 Å². The minimum absolute atomic E-state index is 0.0473. The number of hydrogen-bond acceptors (Lipinski definition) is 3. The molecule has 7 heteroatoms. The van der Waals surface area contributed by atoms with Gasteiger partial charge in [0, 0.05) is 19.6 Å². The third kappa shape index (κ3) is 7.57. The Hall–Kier alpha value is -1.73. The zero-order valence-corrected chi connectivity index (χ0v) is 12.9. The van der Waals surface area contributed by atoms with Crippen molar-refractivity contribution in [3.8, 4) is 0 Å². The first-order chi connectivity index (χ1) is 10.0. The fourth-order valence-corrected chi connectivity index (χ4v) is 1.90. The Kier molecular flexibility index (Phi) is 7.63. The minimum atomic E-state index is -0.286. The summed E-state index contributed by atoms with van der Waals surface area (Å²) in [7, 11) is 1.60. The van der Waals surface area contributed by atoms with E-state index >= 15 is 0 Å². The van der Waals surface area contributed by atoms with Gasteiger partial charge in [-0.1, -0.05) is 12.1 Å². The average Bonchev–Trinajstić information content (AvgIpc) is 2.44. The van der Waals surface area contributed by atoms with Crippen LogP contribution in [0.2, 0.25) is 0 Å². The summed E-state index contributed by atoms with van der Waals surface area (Å²) in [6.07, 6.45) is 0.822. The van der Waals surface area contributed by atoms with Gasteiger partial charge in [0.2, 0.25) is 5.91 Å². The molecule has 0 heterocycles. The van der Waals surface area contributed by atoms with Gasteiger partial charge in [0.15, 0.2) is 5.11 Å². The Labute approximate surface area is 129 Å². The van der Waals surface area contributed by atoms with E-state index in [0.29, 0.717) is 18.1 Å². The summed E-state index contributed by atoms with van der Waals surface area (Å²) >= 11 is 5.02. The zero-order chi connectivity index (χ0) is 15.7. The Morgan fingerprint density at radius 2 is 2.00 bits per heavy atom. The molecule has 0 aliphatic carbocycles. The average molecular weight is 313 g/mol. The van der Waals surface area contributed by atoms with Gasteiger partial charge in [0.25, 0.3) is 0 Å². The molecule has 1 aromatic rings. The van der Waals surface area contributed by atoms with Gasteiger partial charge < -0.3 is 10.1 Å². The van der Waals surface area contributed by atoms with Crippen LogP contribution < -0.4 is 16.2 Å². The molecule has 21 heavy (non-hydrogen) atoms. The number of ether oxygens (including phenoxy) is 1. The Balaban J connectivity index is 2.21. The van der Waals surface area contributed by atoms with Crippen LogP contribution in [0.3, 0.4) is 0 Å². The highest BCUT2D eigenvalue weighted by Crippen LogP contribution is 2.05. The van der Waals surface area contributed by atoms with Crippen LogP contribution >= 0.6 is 12.2 Å². The van der Waals surface area contributed by atoms with Crippen LogP contribution in [0.15, 0.2) is 24.3 Å². The number of methoxy groups -OCH3 is 1. The monoisotopic (exact) mass is 313 g/mol. The summed E-state index contributed by atoms with van der Waals surface area (Å²) < 4.78 is 17.7. The predicted octanol–water partition coefficient (Wildman–Crippen LogP) is 1.29. The quantitative estimate of drug-likeness (QED) is 0.546. The van der Waals surface area contributed by atoms with E-state index in [-0.39, 0.29) is 24.2 Å². The van der Waals surface area contributed by atoms with Crippen molar-refractivity contribution in [2.24, 2.45) is 0 Å². The van der Waals surface area contributed by atoms with Gasteiger partial charge in [-0.25, -0.2) is 4.39 Å². The molecule has 1 rings (SSSR count). The molecular weight excluding hydrogens is 293 g/mol. The lowest BCUT2D eigenvalue weighted by molar-refractivity contribution is -0.121. The van der Waals surface area contributed by atoms with E-state index < -0.39 is 0 Å². The third-order valence-corrected chi connectivity index (χ3v) is 2.88. The number of rotatable bonds is 6. The van der Waals surface area contributed by atoms with Crippen molar-refractivity contribution >= 4 is 23.2 Å². The molecular formula is C14H20FN3O2S. The van der Waals surface area contributed by atoms with Crippen LogP contribution in [0.5, 0.6) is 0 Å². The van der Waals surface area contributed by atoms with E-state index in [1.54, 1.807) is 19.2 Å². The van der Waals surface area contributed by atoms with E-state index in [0.717, 1.165) is 5.56 Å².